The molecular formula is C14H14N2O5. The van der Waals surface area contributed by atoms with E-state index in [-0.39, 0.29) is 5.69 Å². The first-order chi connectivity index (χ1) is 9.99. The van der Waals surface area contributed by atoms with Gasteiger partial charge >= 0.3 is 5.97 Å². The van der Waals surface area contributed by atoms with Crippen LogP contribution in [0.5, 0.6) is 0 Å². The summed E-state index contributed by atoms with van der Waals surface area (Å²) in [6.07, 6.45) is 3.81. The van der Waals surface area contributed by atoms with Gasteiger partial charge in [-0.3, -0.25) is 14.9 Å². The predicted molar refractivity (Wildman–Crippen MR) is 74.5 cm³/mol. The maximum absolute atomic E-state index is 12.0. The van der Waals surface area contributed by atoms with E-state index in [9.17, 15) is 19.7 Å². The monoisotopic (exact) mass is 290 g/mol. The second-order valence-electron chi connectivity index (χ2n) is 4.71. The second-order valence-corrected chi connectivity index (χ2v) is 4.71. The van der Waals surface area contributed by atoms with E-state index in [0.29, 0.717) is 24.9 Å². The summed E-state index contributed by atoms with van der Waals surface area (Å²) in [6, 6.07) is 5.09. The Labute approximate surface area is 120 Å². The Balaban J connectivity index is 2.10. The number of carboxylic acid groups (broad SMARTS) is 1. The van der Waals surface area contributed by atoms with E-state index < -0.39 is 22.8 Å². The zero-order valence-corrected chi connectivity index (χ0v) is 11.1. The standard InChI is InChI=1S/C14H14N2O5/c17-13(15-8-2-5-12(15)14(18)19)7-6-10-3-1-4-11(9-10)16(20)21/h1,3-4,6-7,9,12H,2,5,8H2,(H,18,19)/t12-/m1/s1. The number of aliphatic carboxylic acids is 1. The second kappa shape index (κ2) is 6.17. The van der Waals surface area contributed by atoms with Crippen LogP contribution in [0.3, 0.4) is 0 Å². The number of carboxylic acids is 1. The van der Waals surface area contributed by atoms with Gasteiger partial charge in [-0.15, -0.1) is 0 Å². The fourth-order valence-electron chi connectivity index (χ4n) is 2.29. The lowest BCUT2D eigenvalue weighted by atomic mass is 10.2. The van der Waals surface area contributed by atoms with E-state index in [1.54, 1.807) is 6.07 Å². The van der Waals surface area contributed by atoms with Gasteiger partial charge in [-0.2, -0.15) is 0 Å². The lowest BCUT2D eigenvalue weighted by Gasteiger charge is -2.19. The number of nitro benzene ring substituents is 1. The zero-order chi connectivity index (χ0) is 15.4. The summed E-state index contributed by atoms with van der Waals surface area (Å²) >= 11 is 0. The number of amides is 1. The van der Waals surface area contributed by atoms with Gasteiger partial charge in [0, 0.05) is 24.8 Å². The molecule has 2 rings (SSSR count). The van der Waals surface area contributed by atoms with Crippen molar-refractivity contribution in [3.8, 4) is 0 Å². The topological polar surface area (TPSA) is 101 Å². The number of carbonyl (C=O) groups excluding carboxylic acids is 1. The van der Waals surface area contributed by atoms with Gasteiger partial charge in [0.05, 0.1) is 4.92 Å². The number of likely N-dealkylation sites (tertiary alicyclic amines) is 1. The Hall–Kier alpha value is -2.70. The highest BCUT2D eigenvalue weighted by atomic mass is 16.6. The van der Waals surface area contributed by atoms with Crippen LogP contribution in [0.4, 0.5) is 5.69 Å². The fraction of sp³-hybridized carbons (Fsp3) is 0.286. The normalized spacial score (nSPS) is 18.1. The molecule has 1 saturated heterocycles. The van der Waals surface area contributed by atoms with Crippen molar-refractivity contribution in [2.45, 2.75) is 18.9 Å². The van der Waals surface area contributed by atoms with Gasteiger partial charge in [-0.25, -0.2) is 4.79 Å². The first kappa shape index (κ1) is 14.7. The Bertz CT molecular complexity index is 611. The van der Waals surface area contributed by atoms with Crippen LogP contribution >= 0.6 is 0 Å². The summed E-state index contributed by atoms with van der Waals surface area (Å²) in [5.74, 6) is -1.41. The van der Waals surface area contributed by atoms with Crippen LogP contribution in [0.2, 0.25) is 0 Å². The molecule has 0 aromatic heterocycles. The van der Waals surface area contributed by atoms with Gasteiger partial charge in [0.1, 0.15) is 6.04 Å². The number of nitro groups is 1. The van der Waals surface area contributed by atoms with Crippen molar-refractivity contribution in [2.24, 2.45) is 0 Å². The van der Waals surface area contributed by atoms with Gasteiger partial charge in [0.15, 0.2) is 0 Å². The van der Waals surface area contributed by atoms with Crippen LogP contribution in [0.25, 0.3) is 6.08 Å². The number of benzene rings is 1. The molecule has 0 spiro atoms. The minimum Gasteiger partial charge on any atom is -0.480 e. The maximum atomic E-state index is 12.0. The molecule has 1 N–H and O–H groups in total. The molecule has 1 aromatic carbocycles. The lowest BCUT2D eigenvalue weighted by Crippen LogP contribution is -2.39. The minimum atomic E-state index is -1.01. The minimum absolute atomic E-state index is 0.0609. The Kier molecular flexibility index (Phi) is 4.32. The Morgan fingerprint density at radius 2 is 2.19 bits per heavy atom. The highest BCUT2D eigenvalue weighted by Gasteiger charge is 2.32. The van der Waals surface area contributed by atoms with Crippen molar-refractivity contribution in [1.82, 2.24) is 4.90 Å². The van der Waals surface area contributed by atoms with Gasteiger partial charge < -0.3 is 10.0 Å². The number of nitrogens with zero attached hydrogens (tertiary/aromatic N) is 2. The molecule has 1 aliphatic rings. The van der Waals surface area contributed by atoms with Crippen molar-refractivity contribution in [1.29, 1.82) is 0 Å². The van der Waals surface area contributed by atoms with Gasteiger partial charge in [0.2, 0.25) is 5.91 Å². The molecule has 1 aliphatic heterocycles. The van der Waals surface area contributed by atoms with E-state index in [0.717, 1.165) is 0 Å². The lowest BCUT2D eigenvalue weighted by molar-refractivity contribution is -0.384. The third-order valence-corrected chi connectivity index (χ3v) is 3.32. The average Bonchev–Trinajstić information content (AvgIpc) is 2.94. The van der Waals surface area contributed by atoms with Crippen molar-refractivity contribution < 1.29 is 19.6 Å². The molecular weight excluding hydrogens is 276 g/mol. The molecule has 1 aromatic rings. The number of carbonyl (C=O) groups is 2. The highest BCUT2D eigenvalue weighted by Crippen LogP contribution is 2.19. The van der Waals surface area contributed by atoms with Gasteiger partial charge in [-0.05, 0) is 24.5 Å². The quantitative estimate of drug-likeness (QED) is 0.516. The molecule has 1 amide bonds. The number of non-ortho nitro benzene ring substituents is 1. The molecule has 0 aliphatic carbocycles. The van der Waals surface area contributed by atoms with Gasteiger partial charge in [0.25, 0.3) is 5.69 Å². The van der Waals surface area contributed by atoms with Crippen LogP contribution in [-0.4, -0.2) is 39.4 Å². The smallest absolute Gasteiger partial charge is 0.326 e. The number of hydrogen-bond donors (Lipinski definition) is 1. The van der Waals surface area contributed by atoms with Crippen molar-refractivity contribution >= 4 is 23.6 Å². The van der Waals surface area contributed by atoms with Crippen LogP contribution in [0.1, 0.15) is 18.4 Å². The first-order valence-corrected chi connectivity index (χ1v) is 6.45. The van der Waals surface area contributed by atoms with Crippen LogP contribution in [-0.2, 0) is 9.59 Å². The van der Waals surface area contributed by atoms with Gasteiger partial charge in [-0.1, -0.05) is 12.1 Å². The molecule has 1 heterocycles. The third-order valence-electron chi connectivity index (χ3n) is 3.32. The van der Waals surface area contributed by atoms with E-state index in [2.05, 4.69) is 0 Å². The molecule has 21 heavy (non-hydrogen) atoms. The SMILES string of the molecule is O=C(O)[C@H]1CCCN1C(=O)C=Cc1cccc([N+](=O)[O-])c1. The molecule has 0 saturated carbocycles. The van der Waals surface area contributed by atoms with Crippen molar-refractivity contribution in [3.05, 3.63) is 46.0 Å². The predicted octanol–water partition coefficient (Wildman–Crippen LogP) is 1.68. The largest absolute Gasteiger partial charge is 0.480 e. The van der Waals surface area contributed by atoms with E-state index >= 15 is 0 Å². The van der Waals surface area contributed by atoms with Crippen molar-refractivity contribution in [2.75, 3.05) is 6.54 Å². The summed E-state index contributed by atoms with van der Waals surface area (Å²) in [7, 11) is 0. The average molecular weight is 290 g/mol. The zero-order valence-electron chi connectivity index (χ0n) is 11.1. The fourth-order valence-corrected chi connectivity index (χ4v) is 2.29. The van der Waals surface area contributed by atoms with E-state index in [4.69, 9.17) is 5.11 Å². The molecule has 1 atom stereocenters. The molecule has 0 radical (unpaired) electrons. The summed E-state index contributed by atoms with van der Waals surface area (Å²) in [6.45, 7) is 0.412. The van der Waals surface area contributed by atoms with Crippen LogP contribution < -0.4 is 0 Å². The van der Waals surface area contributed by atoms with Crippen molar-refractivity contribution in [3.63, 3.8) is 0 Å². The molecule has 7 nitrogen and oxygen atoms in total. The van der Waals surface area contributed by atoms with E-state index in [1.807, 2.05) is 0 Å². The van der Waals surface area contributed by atoms with Crippen LogP contribution in [0.15, 0.2) is 30.3 Å². The van der Waals surface area contributed by atoms with E-state index in [1.165, 1.54) is 35.3 Å². The molecule has 110 valence electrons. The first-order valence-electron chi connectivity index (χ1n) is 6.45. The maximum Gasteiger partial charge on any atom is 0.326 e. The molecule has 0 unspecified atom stereocenters. The summed E-state index contributed by atoms with van der Waals surface area (Å²) in [4.78, 5) is 34.5. The summed E-state index contributed by atoms with van der Waals surface area (Å²) in [5, 5.41) is 19.7. The molecule has 1 fully saturated rings. The number of rotatable bonds is 4. The summed E-state index contributed by atoms with van der Waals surface area (Å²) in [5.41, 5.74) is 0.456. The Morgan fingerprint density at radius 1 is 1.43 bits per heavy atom. The Morgan fingerprint density at radius 3 is 2.86 bits per heavy atom. The highest BCUT2D eigenvalue weighted by molar-refractivity contribution is 5.94. The number of hydrogen-bond acceptors (Lipinski definition) is 4. The molecule has 7 heteroatoms. The molecule has 0 bridgehead atoms. The summed E-state index contributed by atoms with van der Waals surface area (Å²) < 4.78 is 0. The third kappa shape index (κ3) is 3.44. The van der Waals surface area contributed by atoms with Crippen LogP contribution in [0, 0.1) is 10.1 Å².